The van der Waals surface area contributed by atoms with Crippen molar-refractivity contribution >= 4 is 28.2 Å². The third-order valence-electron chi connectivity index (χ3n) is 3.93. The number of rotatable bonds is 5. The van der Waals surface area contributed by atoms with Gasteiger partial charge in [-0.2, -0.15) is 0 Å². The molecule has 2 rings (SSSR count). The molecule has 1 atom stereocenters. The van der Waals surface area contributed by atoms with E-state index in [0.29, 0.717) is 23.0 Å². The molecule has 0 saturated carbocycles. The van der Waals surface area contributed by atoms with Gasteiger partial charge in [0, 0.05) is 6.04 Å². The van der Waals surface area contributed by atoms with Crippen LogP contribution in [-0.2, 0) is 4.79 Å². The molecule has 1 fully saturated rings. The molecule has 1 aromatic heterocycles. The van der Waals surface area contributed by atoms with E-state index < -0.39 is 5.91 Å². The number of nitrogens with two attached hydrogens (primary N) is 2. The van der Waals surface area contributed by atoms with Crippen LogP contribution in [0.5, 0.6) is 0 Å². The number of nitrogens with one attached hydrogen (secondary N) is 1. The molecule has 0 aromatic carbocycles. The molecule has 1 saturated heterocycles. The zero-order valence-electron chi connectivity index (χ0n) is 12.2. The molecule has 1 aromatic rings. The number of thiophene rings is 1. The number of carbonyl (C=O) groups excluding carboxylic acids is 2. The second-order valence-electron chi connectivity index (χ2n) is 5.55. The van der Waals surface area contributed by atoms with Crippen LogP contribution < -0.4 is 16.8 Å². The van der Waals surface area contributed by atoms with E-state index >= 15 is 0 Å². The van der Waals surface area contributed by atoms with Gasteiger partial charge in [0.15, 0.2) is 0 Å². The number of hydrogen-bond donors (Lipinski definition) is 3. The molecule has 0 radical (unpaired) electrons. The molecule has 21 heavy (non-hydrogen) atoms. The van der Waals surface area contributed by atoms with E-state index in [9.17, 15) is 9.59 Å². The second-order valence-corrected chi connectivity index (χ2v) is 6.46. The van der Waals surface area contributed by atoms with Crippen molar-refractivity contribution < 1.29 is 9.59 Å². The van der Waals surface area contributed by atoms with Crippen LogP contribution in [0.1, 0.15) is 30.1 Å². The van der Waals surface area contributed by atoms with Gasteiger partial charge in [-0.1, -0.05) is 0 Å². The second kappa shape index (κ2) is 7.02. The quantitative estimate of drug-likeness (QED) is 0.750. The Morgan fingerprint density at radius 1 is 1.48 bits per heavy atom. The molecule has 5 N–H and O–H groups in total. The van der Waals surface area contributed by atoms with Crippen molar-refractivity contribution in [2.24, 2.45) is 17.4 Å². The van der Waals surface area contributed by atoms with Gasteiger partial charge in [-0.15, -0.1) is 11.3 Å². The summed E-state index contributed by atoms with van der Waals surface area (Å²) in [5, 5.41) is 5.03. The highest BCUT2D eigenvalue weighted by atomic mass is 32.1. The summed E-state index contributed by atoms with van der Waals surface area (Å²) in [6, 6.07) is 1.83. The number of piperidine rings is 1. The van der Waals surface area contributed by atoms with Crippen LogP contribution in [0, 0.1) is 5.92 Å². The summed E-state index contributed by atoms with van der Waals surface area (Å²) < 4.78 is 0. The zero-order chi connectivity index (χ0) is 15.4. The minimum atomic E-state index is -0.524. The van der Waals surface area contributed by atoms with Crippen molar-refractivity contribution in [3.63, 3.8) is 0 Å². The highest BCUT2D eigenvalue weighted by Crippen LogP contribution is 2.23. The van der Waals surface area contributed by atoms with E-state index in [1.165, 1.54) is 11.3 Å². The van der Waals surface area contributed by atoms with E-state index in [1.807, 2.05) is 6.92 Å². The maximum atomic E-state index is 12.0. The molecule has 7 heteroatoms. The lowest BCUT2D eigenvalue weighted by Crippen LogP contribution is -2.42. The van der Waals surface area contributed by atoms with Gasteiger partial charge >= 0.3 is 0 Å². The first kappa shape index (κ1) is 15.9. The normalized spacial score (nSPS) is 18.4. The molecule has 1 aliphatic rings. The van der Waals surface area contributed by atoms with E-state index in [4.69, 9.17) is 11.5 Å². The Kier molecular flexibility index (Phi) is 5.33. The summed E-state index contributed by atoms with van der Waals surface area (Å²) in [5.41, 5.74) is 11.5. The first-order valence-electron chi connectivity index (χ1n) is 7.12. The molecule has 116 valence electrons. The van der Waals surface area contributed by atoms with E-state index in [0.717, 1.165) is 25.9 Å². The number of hydrogen-bond acceptors (Lipinski definition) is 5. The Hall–Kier alpha value is -1.44. The predicted molar refractivity (Wildman–Crippen MR) is 84.3 cm³/mol. The van der Waals surface area contributed by atoms with Crippen LogP contribution >= 0.6 is 11.3 Å². The number of anilines is 1. The summed E-state index contributed by atoms with van der Waals surface area (Å²) in [4.78, 5) is 25.4. The lowest BCUT2D eigenvalue weighted by atomic mass is 9.91. The lowest BCUT2D eigenvalue weighted by molar-refractivity contribution is -0.117. The number of amides is 2. The van der Waals surface area contributed by atoms with Gasteiger partial charge in [-0.3, -0.25) is 14.5 Å². The van der Waals surface area contributed by atoms with Crippen molar-refractivity contribution in [1.82, 2.24) is 4.90 Å². The van der Waals surface area contributed by atoms with Gasteiger partial charge in [0.25, 0.3) is 5.91 Å². The van der Waals surface area contributed by atoms with Crippen molar-refractivity contribution in [3.05, 3.63) is 17.0 Å². The van der Waals surface area contributed by atoms with E-state index in [2.05, 4.69) is 10.2 Å². The molecule has 1 unspecified atom stereocenters. The molecule has 0 spiro atoms. The van der Waals surface area contributed by atoms with Crippen molar-refractivity contribution in [1.29, 1.82) is 0 Å². The fraction of sp³-hybridized carbons (Fsp3) is 0.571. The van der Waals surface area contributed by atoms with Gasteiger partial charge < -0.3 is 16.8 Å². The molecule has 2 amide bonds. The Bertz CT molecular complexity index is 507. The minimum Gasteiger partial charge on any atom is -0.366 e. The largest absolute Gasteiger partial charge is 0.366 e. The summed E-state index contributed by atoms with van der Waals surface area (Å²) in [6.45, 7) is 4.14. The maximum Gasteiger partial charge on any atom is 0.251 e. The summed E-state index contributed by atoms with van der Waals surface area (Å²) in [7, 11) is 0. The Labute approximate surface area is 128 Å². The summed E-state index contributed by atoms with van der Waals surface area (Å²) >= 11 is 1.30. The average molecular weight is 310 g/mol. The maximum absolute atomic E-state index is 12.0. The van der Waals surface area contributed by atoms with Crippen molar-refractivity contribution in [2.45, 2.75) is 25.8 Å². The monoisotopic (exact) mass is 310 g/mol. The third kappa shape index (κ3) is 4.26. The van der Waals surface area contributed by atoms with Gasteiger partial charge in [0.2, 0.25) is 5.91 Å². The van der Waals surface area contributed by atoms with Gasteiger partial charge in [0.1, 0.15) is 5.00 Å². The molecular formula is C14H22N4O2S. The summed E-state index contributed by atoms with van der Waals surface area (Å²) in [5.74, 6) is -0.0911. The molecule has 0 aliphatic carbocycles. The molecule has 1 aliphatic heterocycles. The van der Waals surface area contributed by atoms with Gasteiger partial charge in [0.05, 0.1) is 12.1 Å². The topological polar surface area (TPSA) is 101 Å². The average Bonchev–Trinajstić information content (AvgIpc) is 2.87. The number of nitrogens with zero attached hydrogens (tertiary/aromatic N) is 1. The van der Waals surface area contributed by atoms with Gasteiger partial charge in [-0.05, 0) is 50.2 Å². The van der Waals surface area contributed by atoms with E-state index in [1.54, 1.807) is 11.4 Å². The Balaban J connectivity index is 1.83. The third-order valence-corrected chi connectivity index (χ3v) is 4.76. The fourth-order valence-electron chi connectivity index (χ4n) is 2.61. The molecule has 6 nitrogen and oxygen atoms in total. The lowest BCUT2D eigenvalue weighted by Gasteiger charge is -2.33. The number of primary amides is 1. The van der Waals surface area contributed by atoms with Crippen LogP contribution in [0.15, 0.2) is 11.4 Å². The molecular weight excluding hydrogens is 288 g/mol. The SMILES string of the molecule is CC(N)C1CCN(CC(=O)Nc2sccc2C(N)=O)CC1. The first-order chi connectivity index (χ1) is 9.97. The van der Waals surface area contributed by atoms with Crippen LogP contribution in [0.25, 0.3) is 0 Å². The molecule has 0 bridgehead atoms. The number of likely N-dealkylation sites (tertiary alicyclic amines) is 1. The van der Waals surface area contributed by atoms with Crippen LogP contribution in [0.2, 0.25) is 0 Å². The Morgan fingerprint density at radius 2 is 2.14 bits per heavy atom. The van der Waals surface area contributed by atoms with Crippen molar-refractivity contribution in [2.75, 3.05) is 25.0 Å². The first-order valence-corrected chi connectivity index (χ1v) is 8.00. The van der Waals surface area contributed by atoms with Crippen LogP contribution in [0.4, 0.5) is 5.00 Å². The highest BCUT2D eigenvalue weighted by molar-refractivity contribution is 7.14. The van der Waals surface area contributed by atoms with Crippen LogP contribution in [-0.4, -0.2) is 42.4 Å². The highest BCUT2D eigenvalue weighted by Gasteiger charge is 2.23. The van der Waals surface area contributed by atoms with Gasteiger partial charge in [-0.25, -0.2) is 0 Å². The van der Waals surface area contributed by atoms with Crippen molar-refractivity contribution in [3.8, 4) is 0 Å². The number of carbonyl (C=O) groups is 2. The zero-order valence-corrected chi connectivity index (χ0v) is 13.0. The smallest absolute Gasteiger partial charge is 0.251 e. The van der Waals surface area contributed by atoms with E-state index in [-0.39, 0.29) is 11.9 Å². The minimum absolute atomic E-state index is 0.112. The van der Waals surface area contributed by atoms with Crippen LogP contribution in [0.3, 0.4) is 0 Å². The Morgan fingerprint density at radius 3 is 2.71 bits per heavy atom. The predicted octanol–water partition coefficient (Wildman–Crippen LogP) is 0.845. The standard InChI is InChI=1S/C14H22N4O2S/c1-9(15)10-2-5-18(6-3-10)8-12(19)17-14-11(13(16)20)4-7-21-14/h4,7,9-10H,2-3,5-6,8,15H2,1H3,(H2,16,20)(H,17,19). The fourth-order valence-corrected chi connectivity index (χ4v) is 3.41. The summed E-state index contributed by atoms with van der Waals surface area (Å²) in [6.07, 6.45) is 2.05. The molecule has 2 heterocycles.